The number of hydrogen-bond donors (Lipinski definition) is 1. The zero-order valence-electron chi connectivity index (χ0n) is 16.4. The van der Waals surface area contributed by atoms with Crippen molar-refractivity contribution in [2.24, 2.45) is 0 Å². The number of anilines is 1. The summed E-state index contributed by atoms with van der Waals surface area (Å²) >= 11 is 0. The third-order valence-corrected chi connectivity index (χ3v) is 4.30. The first-order valence-electron chi connectivity index (χ1n) is 9.43. The van der Waals surface area contributed by atoms with E-state index >= 15 is 0 Å². The molecule has 3 aromatic rings. The number of Topliss-reactive ketones (excluding diaryl/α,β-unsaturated/α-hetero) is 1. The third kappa shape index (κ3) is 5.23. The SMILES string of the molecule is CCOc1ccccc1NC(=O)[C@@H](Oc1ccc(C(C)=O)cc1)c1ccccc1. The Morgan fingerprint density at radius 1 is 0.897 bits per heavy atom. The molecule has 0 spiro atoms. The maximum absolute atomic E-state index is 13.1. The maximum atomic E-state index is 13.1. The molecular formula is C24H23NO4. The van der Waals surface area contributed by atoms with Crippen LogP contribution >= 0.6 is 0 Å². The molecule has 0 aromatic heterocycles. The van der Waals surface area contributed by atoms with Crippen molar-refractivity contribution in [3.63, 3.8) is 0 Å². The lowest BCUT2D eigenvalue weighted by molar-refractivity contribution is -0.123. The molecule has 3 aromatic carbocycles. The standard InChI is InChI=1S/C24H23NO4/c1-3-28-22-12-8-7-11-21(22)25-24(27)23(19-9-5-4-6-10-19)29-20-15-13-18(14-16-20)17(2)26/h4-16,23H,3H2,1-2H3,(H,25,27)/t23-/m0/s1. The Morgan fingerprint density at radius 3 is 2.21 bits per heavy atom. The van der Waals surface area contributed by atoms with E-state index in [1.165, 1.54) is 6.92 Å². The number of nitrogens with one attached hydrogen (secondary N) is 1. The van der Waals surface area contributed by atoms with Crippen molar-refractivity contribution >= 4 is 17.4 Å². The van der Waals surface area contributed by atoms with Crippen molar-refractivity contribution in [3.8, 4) is 11.5 Å². The topological polar surface area (TPSA) is 64.6 Å². The fourth-order valence-corrected chi connectivity index (χ4v) is 2.85. The molecule has 0 radical (unpaired) electrons. The minimum atomic E-state index is -0.867. The Hall–Kier alpha value is -3.60. The molecule has 0 bridgehead atoms. The Bertz CT molecular complexity index is 968. The van der Waals surface area contributed by atoms with E-state index in [1.807, 2.05) is 49.4 Å². The molecule has 1 N–H and O–H groups in total. The van der Waals surface area contributed by atoms with Gasteiger partial charge in [-0.2, -0.15) is 0 Å². The van der Waals surface area contributed by atoms with Gasteiger partial charge in [0.25, 0.3) is 5.91 Å². The fourth-order valence-electron chi connectivity index (χ4n) is 2.85. The highest BCUT2D eigenvalue weighted by Gasteiger charge is 2.24. The number of carbonyl (C=O) groups excluding carboxylic acids is 2. The molecule has 0 aliphatic heterocycles. The normalized spacial score (nSPS) is 11.4. The molecule has 148 valence electrons. The van der Waals surface area contributed by atoms with E-state index in [2.05, 4.69) is 5.32 Å². The average molecular weight is 389 g/mol. The van der Waals surface area contributed by atoms with Crippen LogP contribution in [0.1, 0.15) is 35.9 Å². The van der Waals surface area contributed by atoms with Gasteiger partial charge < -0.3 is 14.8 Å². The highest BCUT2D eigenvalue weighted by atomic mass is 16.5. The lowest BCUT2D eigenvalue weighted by Gasteiger charge is -2.20. The average Bonchev–Trinajstić information content (AvgIpc) is 2.74. The van der Waals surface area contributed by atoms with Gasteiger partial charge in [0.05, 0.1) is 12.3 Å². The zero-order chi connectivity index (χ0) is 20.6. The predicted molar refractivity (Wildman–Crippen MR) is 112 cm³/mol. The van der Waals surface area contributed by atoms with E-state index in [4.69, 9.17) is 9.47 Å². The van der Waals surface area contributed by atoms with Crippen molar-refractivity contribution in [1.82, 2.24) is 0 Å². The van der Waals surface area contributed by atoms with Crippen molar-refractivity contribution in [2.75, 3.05) is 11.9 Å². The molecule has 1 amide bonds. The van der Waals surface area contributed by atoms with Gasteiger partial charge >= 0.3 is 0 Å². The van der Waals surface area contributed by atoms with E-state index in [-0.39, 0.29) is 11.7 Å². The van der Waals surface area contributed by atoms with Crippen molar-refractivity contribution in [1.29, 1.82) is 0 Å². The lowest BCUT2D eigenvalue weighted by atomic mass is 10.1. The summed E-state index contributed by atoms with van der Waals surface area (Å²) in [4.78, 5) is 24.6. The van der Waals surface area contributed by atoms with Crippen LogP contribution in [0.5, 0.6) is 11.5 Å². The molecule has 1 atom stereocenters. The monoisotopic (exact) mass is 389 g/mol. The Morgan fingerprint density at radius 2 is 1.55 bits per heavy atom. The summed E-state index contributed by atoms with van der Waals surface area (Å²) in [6.07, 6.45) is -0.867. The maximum Gasteiger partial charge on any atom is 0.270 e. The van der Waals surface area contributed by atoms with Gasteiger partial charge in [0, 0.05) is 11.1 Å². The van der Waals surface area contributed by atoms with Gasteiger partial charge in [-0.3, -0.25) is 9.59 Å². The molecular weight excluding hydrogens is 366 g/mol. The van der Waals surface area contributed by atoms with Gasteiger partial charge in [-0.15, -0.1) is 0 Å². The highest BCUT2D eigenvalue weighted by molar-refractivity contribution is 5.96. The van der Waals surface area contributed by atoms with Crippen LogP contribution < -0.4 is 14.8 Å². The molecule has 0 aliphatic rings. The van der Waals surface area contributed by atoms with Crippen LogP contribution in [0.4, 0.5) is 5.69 Å². The smallest absolute Gasteiger partial charge is 0.270 e. The first-order valence-corrected chi connectivity index (χ1v) is 9.43. The quantitative estimate of drug-likeness (QED) is 0.548. The number of para-hydroxylation sites is 2. The summed E-state index contributed by atoms with van der Waals surface area (Å²) in [5.74, 6) is 0.749. The molecule has 0 unspecified atom stereocenters. The fraction of sp³-hybridized carbons (Fsp3) is 0.167. The summed E-state index contributed by atoms with van der Waals surface area (Å²) in [5, 5.41) is 2.90. The molecule has 5 heteroatoms. The van der Waals surface area contributed by atoms with Crippen LogP contribution in [0.25, 0.3) is 0 Å². The molecule has 0 heterocycles. The van der Waals surface area contributed by atoms with Crippen molar-refractivity contribution in [3.05, 3.63) is 90.0 Å². The van der Waals surface area contributed by atoms with E-state index in [0.29, 0.717) is 29.4 Å². The molecule has 29 heavy (non-hydrogen) atoms. The van der Waals surface area contributed by atoms with Gasteiger partial charge in [0.2, 0.25) is 6.10 Å². The van der Waals surface area contributed by atoms with Gasteiger partial charge in [0.15, 0.2) is 5.78 Å². The van der Waals surface area contributed by atoms with E-state index < -0.39 is 6.10 Å². The van der Waals surface area contributed by atoms with Crippen LogP contribution in [0.3, 0.4) is 0 Å². The molecule has 0 saturated heterocycles. The van der Waals surface area contributed by atoms with E-state index in [0.717, 1.165) is 5.56 Å². The van der Waals surface area contributed by atoms with Crippen LogP contribution in [-0.2, 0) is 4.79 Å². The summed E-state index contributed by atoms with van der Waals surface area (Å²) < 4.78 is 11.6. The summed E-state index contributed by atoms with van der Waals surface area (Å²) in [6.45, 7) is 3.89. The van der Waals surface area contributed by atoms with Crippen molar-refractivity contribution < 1.29 is 19.1 Å². The van der Waals surface area contributed by atoms with Gasteiger partial charge in [-0.25, -0.2) is 0 Å². The Kier molecular flexibility index (Phi) is 6.63. The number of hydrogen-bond acceptors (Lipinski definition) is 4. The second kappa shape index (κ2) is 9.55. The second-order valence-corrected chi connectivity index (χ2v) is 6.41. The summed E-state index contributed by atoms with van der Waals surface area (Å²) in [5.41, 5.74) is 1.88. The molecule has 0 aliphatic carbocycles. The number of carbonyl (C=O) groups is 2. The summed E-state index contributed by atoms with van der Waals surface area (Å²) in [7, 11) is 0. The zero-order valence-corrected chi connectivity index (χ0v) is 16.4. The number of benzene rings is 3. The molecule has 0 fully saturated rings. The van der Waals surface area contributed by atoms with Crippen LogP contribution in [-0.4, -0.2) is 18.3 Å². The minimum absolute atomic E-state index is 0.0265. The second-order valence-electron chi connectivity index (χ2n) is 6.41. The van der Waals surface area contributed by atoms with E-state index in [9.17, 15) is 9.59 Å². The summed E-state index contributed by atoms with van der Waals surface area (Å²) in [6, 6.07) is 23.3. The minimum Gasteiger partial charge on any atom is -0.492 e. The predicted octanol–water partition coefficient (Wildman–Crippen LogP) is 5.05. The van der Waals surface area contributed by atoms with Crippen LogP contribution in [0, 0.1) is 0 Å². The number of ether oxygens (including phenoxy) is 2. The molecule has 0 saturated carbocycles. The number of amides is 1. The Labute approximate surface area is 170 Å². The van der Waals surface area contributed by atoms with Gasteiger partial charge in [-0.05, 0) is 50.2 Å². The van der Waals surface area contributed by atoms with Gasteiger partial charge in [-0.1, -0.05) is 42.5 Å². The highest BCUT2D eigenvalue weighted by Crippen LogP contribution is 2.28. The van der Waals surface area contributed by atoms with Crippen LogP contribution in [0.2, 0.25) is 0 Å². The largest absolute Gasteiger partial charge is 0.492 e. The molecule has 5 nitrogen and oxygen atoms in total. The van der Waals surface area contributed by atoms with Gasteiger partial charge in [0.1, 0.15) is 11.5 Å². The Balaban J connectivity index is 1.86. The molecule has 3 rings (SSSR count). The first-order chi connectivity index (χ1) is 14.1. The first kappa shape index (κ1) is 20.1. The third-order valence-electron chi connectivity index (χ3n) is 4.30. The number of ketones is 1. The van der Waals surface area contributed by atoms with Crippen LogP contribution in [0.15, 0.2) is 78.9 Å². The van der Waals surface area contributed by atoms with Crippen molar-refractivity contribution in [2.45, 2.75) is 20.0 Å². The number of rotatable bonds is 8. The van der Waals surface area contributed by atoms with E-state index in [1.54, 1.807) is 36.4 Å². The lowest BCUT2D eigenvalue weighted by Crippen LogP contribution is -2.26.